The summed E-state index contributed by atoms with van der Waals surface area (Å²) in [5, 5.41) is 10.7. The van der Waals surface area contributed by atoms with E-state index in [1.54, 1.807) is 12.1 Å². The molecule has 0 amide bonds. The molecule has 0 atom stereocenters. The van der Waals surface area contributed by atoms with Crippen molar-refractivity contribution in [1.29, 1.82) is 0 Å². The second kappa shape index (κ2) is 13.3. The Morgan fingerprint density at radius 3 is 2.23 bits per heavy atom. The third-order valence-corrected chi connectivity index (χ3v) is 4.90. The molecular weight excluding hydrogens is 396 g/mol. The second-order valence-corrected chi connectivity index (χ2v) is 7.68. The predicted molar refractivity (Wildman–Crippen MR) is 122 cm³/mol. The number of carbonyl (C=O) groups is 1. The third kappa shape index (κ3) is 9.51. The van der Waals surface area contributed by atoms with Crippen molar-refractivity contribution in [1.82, 2.24) is 0 Å². The number of anilines is 1. The lowest BCUT2D eigenvalue weighted by atomic mass is 10.1. The minimum absolute atomic E-state index is 0.0421. The molecule has 0 heterocycles. The summed E-state index contributed by atoms with van der Waals surface area (Å²) in [4.78, 5) is 24.3. The number of carbonyl (C=O) groups excluding carboxylic acids is 1. The predicted octanol–water partition coefficient (Wildman–Crippen LogP) is 5.17. The number of nitrogens with zero attached hydrogens (tertiary/aromatic N) is 2. The fraction of sp³-hybridized carbons (Fsp3) is 0.458. The van der Waals surface area contributed by atoms with E-state index in [0.29, 0.717) is 25.4 Å². The number of nitro groups is 1. The van der Waals surface area contributed by atoms with Gasteiger partial charge < -0.3 is 14.4 Å². The van der Waals surface area contributed by atoms with E-state index in [1.165, 1.54) is 12.1 Å². The summed E-state index contributed by atoms with van der Waals surface area (Å²) >= 11 is 0. The van der Waals surface area contributed by atoms with Crippen LogP contribution in [-0.4, -0.2) is 38.2 Å². The molecule has 0 aliphatic rings. The summed E-state index contributed by atoms with van der Waals surface area (Å²) in [6, 6.07) is 14.2. The largest absolute Gasteiger partial charge is 0.493 e. The number of ether oxygens (including phenoxy) is 2. The number of nitro benzene ring substituents is 1. The molecule has 2 aromatic carbocycles. The molecule has 0 radical (unpaired) electrons. The van der Waals surface area contributed by atoms with Gasteiger partial charge in [-0.2, -0.15) is 0 Å². The number of rotatable bonds is 14. The van der Waals surface area contributed by atoms with Crippen molar-refractivity contribution in [2.45, 2.75) is 44.9 Å². The van der Waals surface area contributed by atoms with E-state index in [-0.39, 0.29) is 11.7 Å². The SMILES string of the molecule is CN(C)c1ccc(CC(=O)OCCCCCCCCOc2cccc([N+](=O)[O-])c2)cc1. The lowest BCUT2D eigenvalue weighted by Gasteiger charge is -2.12. The van der Waals surface area contributed by atoms with Gasteiger partial charge in [0.15, 0.2) is 0 Å². The molecule has 0 bridgehead atoms. The van der Waals surface area contributed by atoms with E-state index < -0.39 is 4.92 Å². The highest BCUT2D eigenvalue weighted by molar-refractivity contribution is 5.72. The van der Waals surface area contributed by atoms with Gasteiger partial charge in [0.2, 0.25) is 0 Å². The van der Waals surface area contributed by atoms with Crippen LogP contribution < -0.4 is 9.64 Å². The molecule has 31 heavy (non-hydrogen) atoms. The highest BCUT2D eigenvalue weighted by Crippen LogP contribution is 2.19. The zero-order valence-electron chi connectivity index (χ0n) is 18.4. The number of benzene rings is 2. The van der Waals surface area contributed by atoms with E-state index in [9.17, 15) is 14.9 Å². The van der Waals surface area contributed by atoms with Crippen molar-refractivity contribution >= 4 is 17.3 Å². The van der Waals surface area contributed by atoms with Gasteiger partial charge in [0.1, 0.15) is 5.75 Å². The molecule has 0 saturated heterocycles. The Balaban J connectivity index is 1.46. The molecule has 168 valence electrons. The summed E-state index contributed by atoms with van der Waals surface area (Å²) in [5.74, 6) is 0.348. The Hall–Kier alpha value is -3.09. The first kappa shape index (κ1) is 24.2. The average Bonchev–Trinajstić information content (AvgIpc) is 2.75. The fourth-order valence-corrected chi connectivity index (χ4v) is 3.10. The van der Waals surface area contributed by atoms with Crippen molar-refractivity contribution < 1.29 is 19.2 Å². The number of hydrogen-bond acceptors (Lipinski definition) is 6. The van der Waals surface area contributed by atoms with Crippen LogP contribution in [0, 0.1) is 10.1 Å². The maximum atomic E-state index is 11.9. The van der Waals surface area contributed by atoms with Crippen molar-refractivity contribution in [3.63, 3.8) is 0 Å². The second-order valence-electron chi connectivity index (χ2n) is 7.68. The van der Waals surface area contributed by atoms with Crippen LogP contribution >= 0.6 is 0 Å². The van der Waals surface area contributed by atoms with Crippen LogP contribution in [0.4, 0.5) is 11.4 Å². The summed E-state index contributed by atoms with van der Waals surface area (Å²) < 4.78 is 10.9. The number of hydrogen-bond donors (Lipinski definition) is 0. The van der Waals surface area contributed by atoms with Crippen molar-refractivity contribution in [2.24, 2.45) is 0 Å². The molecule has 2 rings (SSSR count). The van der Waals surface area contributed by atoms with E-state index >= 15 is 0 Å². The fourth-order valence-electron chi connectivity index (χ4n) is 3.10. The summed E-state index contributed by atoms with van der Waals surface area (Å²) in [6.45, 7) is 1.01. The molecule has 7 nitrogen and oxygen atoms in total. The first-order chi connectivity index (χ1) is 15.0. The van der Waals surface area contributed by atoms with Gasteiger partial charge in [-0.05, 0) is 36.6 Å². The van der Waals surface area contributed by atoms with Crippen molar-refractivity contribution in [3.8, 4) is 5.75 Å². The monoisotopic (exact) mass is 428 g/mol. The molecule has 0 spiro atoms. The molecule has 0 unspecified atom stereocenters. The van der Waals surface area contributed by atoms with Gasteiger partial charge in [0.05, 0.1) is 30.6 Å². The zero-order valence-corrected chi connectivity index (χ0v) is 18.4. The Morgan fingerprint density at radius 1 is 0.935 bits per heavy atom. The Kier molecular flexibility index (Phi) is 10.3. The number of unbranched alkanes of at least 4 members (excludes halogenated alkanes) is 5. The van der Waals surface area contributed by atoms with E-state index in [2.05, 4.69) is 0 Å². The van der Waals surface area contributed by atoms with Crippen LogP contribution in [0.15, 0.2) is 48.5 Å². The molecule has 0 fully saturated rings. The lowest BCUT2D eigenvalue weighted by molar-refractivity contribution is -0.384. The molecule has 0 aromatic heterocycles. The number of esters is 1. The van der Waals surface area contributed by atoms with Gasteiger partial charge in [0.25, 0.3) is 5.69 Å². The topological polar surface area (TPSA) is 81.9 Å². The Labute approximate surface area is 184 Å². The van der Waals surface area contributed by atoms with Gasteiger partial charge in [-0.3, -0.25) is 14.9 Å². The molecule has 7 heteroatoms. The highest BCUT2D eigenvalue weighted by atomic mass is 16.6. The molecule has 0 aliphatic heterocycles. The normalized spacial score (nSPS) is 10.5. The van der Waals surface area contributed by atoms with Crippen LogP contribution in [0.3, 0.4) is 0 Å². The van der Waals surface area contributed by atoms with Crippen LogP contribution in [0.1, 0.15) is 44.1 Å². The molecule has 0 saturated carbocycles. The van der Waals surface area contributed by atoms with Crippen molar-refractivity contribution in [2.75, 3.05) is 32.2 Å². The summed E-state index contributed by atoms with van der Waals surface area (Å²) in [6.07, 6.45) is 6.32. The van der Waals surface area contributed by atoms with E-state index in [1.807, 2.05) is 43.3 Å². The summed E-state index contributed by atoms with van der Waals surface area (Å²) in [7, 11) is 3.97. The third-order valence-electron chi connectivity index (χ3n) is 4.90. The Morgan fingerprint density at radius 2 is 1.58 bits per heavy atom. The van der Waals surface area contributed by atoms with E-state index in [0.717, 1.165) is 49.8 Å². The summed E-state index contributed by atoms with van der Waals surface area (Å²) in [5.41, 5.74) is 2.11. The lowest BCUT2D eigenvalue weighted by Crippen LogP contribution is -2.10. The van der Waals surface area contributed by atoms with Crippen LogP contribution in [-0.2, 0) is 16.0 Å². The molecular formula is C24H32N2O5. The van der Waals surface area contributed by atoms with Crippen LogP contribution in [0.25, 0.3) is 0 Å². The van der Waals surface area contributed by atoms with Gasteiger partial charge >= 0.3 is 5.97 Å². The van der Waals surface area contributed by atoms with E-state index in [4.69, 9.17) is 9.47 Å². The first-order valence-corrected chi connectivity index (χ1v) is 10.7. The maximum Gasteiger partial charge on any atom is 0.310 e. The minimum atomic E-state index is -0.424. The molecule has 0 aliphatic carbocycles. The number of non-ortho nitro benzene ring substituents is 1. The molecule has 0 N–H and O–H groups in total. The van der Waals surface area contributed by atoms with Gasteiger partial charge in [-0.15, -0.1) is 0 Å². The van der Waals surface area contributed by atoms with Crippen LogP contribution in [0.2, 0.25) is 0 Å². The molecule has 2 aromatic rings. The Bertz CT molecular complexity index is 821. The maximum absolute atomic E-state index is 11.9. The van der Waals surface area contributed by atoms with Gasteiger partial charge in [-0.1, -0.05) is 43.9 Å². The quantitative estimate of drug-likeness (QED) is 0.179. The highest BCUT2D eigenvalue weighted by Gasteiger charge is 2.07. The first-order valence-electron chi connectivity index (χ1n) is 10.7. The van der Waals surface area contributed by atoms with Gasteiger partial charge in [0, 0.05) is 25.8 Å². The standard InChI is InChI=1S/C24H32N2O5/c1-25(2)21-14-12-20(13-15-21)18-24(27)31-17-8-6-4-3-5-7-16-30-23-11-9-10-22(19-23)26(28)29/h9-15,19H,3-8,16-18H2,1-2H3. The average molecular weight is 429 g/mol. The van der Waals surface area contributed by atoms with Gasteiger partial charge in [-0.25, -0.2) is 0 Å². The zero-order chi connectivity index (χ0) is 22.5. The van der Waals surface area contributed by atoms with Crippen LogP contribution in [0.5, 0.6) is 5.75 Å². The van der Waals surface area contributed by atoms with Crippen molar-refractivity contribution in [3.05, 3.63) is 64.2 Å². The minimum Gasteiger partial charge on any atom is -0.493 e. The smallest absolute Gasteiger partial charge is 0.310 e.